The van der Waals surface area contributed by atoms with Gasteiger partial charge in [0.2, 0.25) is 0 Å². The molecule has 0 N–H and O–H groups in total. The maximum absolute atomic E-state index is 11.9. The summed E-state index contributed by atoms with van der Waals surface area (Å²) in [7, 11) is 0. The van der Waals surface area contributed by atoms with Gasteiger partial charge in [0, 0.05) is 22.8 Å². The van der Waals surface area contributed by atoms with E-state index in [1.807, 2.05) is 36.6 Å². The number of carbonyl (C=O) groups excluding carboxylic acids is 1. The Hall–Kier alpha value is -2.55. The first-order valence-corrected chi connectivity index (χ1v) is 8.93. The van der Waals surface area contributed by atoms with Crippen LogP contribution in [0.15, 0.2) is 42.6 Å². The van der Waals surface area contributed by atoms with Gasteiger partial charge in [-0.2, -0.15) is 0 Å². The molecular weight excluding hydrogens is 310 g/mol. The third-order valence-corrected chi connectivity index (χ3v) is 4.84. The van der Waals surface area contributed by atoms with Gasteiger partial charge in [-0.3, -0.25) is 4.79 Å². The summed E-state index contributed by atoms with van der Waals surface area (Å²) in [6.45, 7) is 9.01. The highest BCUT2D eigenvalue weighted by molar-refractivity contribution is 5.91. The van der Waals surface area contributed by atoms with E-state index in [0.717, 1.165) is 40.7 Å². The molecule has 0 bridgehead atoms. The van der Waals surface area contributed by atoms with Gasteiger partial charge >= 0.3 is 0 Å². The Morgan fingerprint density at radius 2 is 1.92 bits per heavy atom. The van der Waals surface area contributed by atoms with E-state index in [2.05, 4.69) is 38.1 Å². The Kier molecular flexibility index (Phi) is 4.93. The lowest BCUT2D eigenvalue weighted by Gasteiger charge is -2.15. The first-order chi connectivity index (χ1) is 12.1. The van der Waals surface area contributed by atoms with Gasteiger partial charge in [-0.25, -0.2) is 0 Å². The number of ether oxygens (including phenoxy) is 1. The minimum atomic E-state index is 0.466. The number of benzene rings is 1. The number of hydrogen-bond acceptors (Lipinski definition) is 2. The lowest BCUT2D eigenvalue weighted by molar-refractivity contribution is 0.111. The summed E-state index contributed by atoms with van der Waals surface area (Å²) in [4.78, 5) is 11.9. The van der Waals surface area contributed by atoms with Crippen LogP contribution in [-0.4, -0.2) is 17.3 Å². The Morgan fingerprint density at radius 1 is 1.12 bits per heavy atom. The molecule has 3 heteroatoms. The maximum Gasteiger partial charge on any atom is 0.167 e. The molecule has 130 valence electrons. The monoisotopic (exact) mass is 335 g/mol. The highest BCUT2D eigenvalue weighted by Gasteiger charge is 2.17. The number of aldehydes is 1. The zero-order valence-corrected chi connectivity index (χ0v) is 15.4. The molecule has 2 heterocycles. The van der Waals surface area contributed by atoms with Gasteiger partial charge in [-0.1, -0.05) is 26.0 Å². The van der Waals surface area contributed by atoms with Crippen molar-refractivity contribution in [2.75, 3.05) is 6.61 Å². The summed E-state index contributed by atoms with van der Waals surface area (Å²) in [5.74, 6) is 1.29. The fourth-order valence-corrected chi connectivity index (χ4v) is 3.21. The third kappa shape index (κ3) is 3.19. The fraction of sp³-hybridized carbons (Fsp3) is 0.318. The number of hydrogen-bond donors (Lipinski definition) is 0. The predicted octanol–water partition coefficient (Wildman–Crippen LogP) is 5.64. The number of aromatic nitrogens is 1. The molecule has 0 spiro atoms. The molecule has 1 unspecified atom stereocenters. The van der Waals surface area contributed by atoms with Crippen LogP contribution in [0.5, 0.6) is 5.75 Å². The Bertz CT molecular complexity index is 908. The molecular formula is C22H25NO2. The zero-order chi connectivity index (χ0) is 18.0. The number of carbonyl (C=O) groups is 1. The average Bonchev–Trinajstić information content (AvgIpc) is 2.99. The van der Waals surface area contributed by atoms with Crippen LogP contribution in [0.4, 0.5) is 0 Å². The molecule has 0 saturated carbocycles. The summed E-state index contributed by atoms with van der Waals surface area (Å²) in [6, 6.07) is 12.5. The van der Waals surface area contributed by atoms with Crippen molar-refractivity contribution >= 4 is 11.8 Å². The zero-order valence-electron chi connectivity index (χ0n) is 15.4. The number of fused-ring (bicyclic) bond motifs is 1. The van der Waals surface area contributed by atoms with Crippen LogP contribution >= 0.6 is 0 Å². The van der Waals surface area contributed by atoms with Gasteiger partial charge in [-0.05, 0) is 61.6 Å². The van der Waals surface area contributed by atoms with Gasteiger partial charge in [0.05, 0.1) is 12.3 Å². The molecule has 3 nitrogen and oxygen atoms in total. The SMILES string of the molecule is CCOc1ccc(C(C)CC)cc1-c1cc2ccc(C)cn2c1C=O. The summed E-state index contributed by atoms with van der Waals surface area (Å²) in [5, 5.41) is 0. The molecule has 3 rings (SSSR count). The number of aryl methyl sites for hydroxylation is 1. The second kappa shape index (κ2) is 7.14. The van der Waals surface area contributed by atoms with Crippen LogP contribution < -0.4 is 4.74 Å². The molecule has 25 heavy (non-hydrogen) atoms. The number of nitrogens with zero attached hydrogens (tertiary/aromatic N) is 1. The van der Waals surface area contributed by atoms with Crippen LogP contribution in [-0.2, 0) is 0 Å². The third-order valence-electron chi connectivity index (χ3n) is 4.84. The first-order valence-electron chi connectivity index (χ1n) is 8.93. The molecule has 0 aliphatic rings. The van der Waals surface area contributed by atoms with Crippen LogP contribution in [0.3, 0.4) is 0 Å². The van der Waals surface area contributed by atoms with E-state index < -0.39 is 0 Å². The number of rotatable bonds is 6. The van der Waals surface area contributed by atoms with Gasteiger partial charge in [-0.15, -0.1) is 0 Å². The molecule has 0 saturated heterocycles. The highest BCUT2D eigenvalue weighted by Crippen LogP contribution is 2.37. The van der Waals surface area contributed by atoms with E-state index in [1.165, 1.54) is 5.56 Å². The Labute approximate surface area is 149 Å². The summed E-state index contributed by atoms with van der Waals surface area (Å²) in [5.41, 5.74) is 5.98. The molecule has 0 aliphatic heterocycles. The van der Waals surface area contributed by atoms with Crippen molar-refractivity contribution in [3.05, 3.63) is 59.4 Å². The lowest BCUT2D eigenvalue weighted by Crippen LogP contribution is -1.99. The van der Waals surface area contributed by atoms with Gasteiger partial charge in [0.1, 0.15) is 5.75 Å². The predicted molar refractivity (Wildman–Crippen MR) is 103 cm³/mol. The molecule has 1 aromatic carbocycles. The minimum Gasteiger partial charge on any atom is -0.493 e. The van der Waals surface area contributed by atoms with Crippen LogP contribution in [0, 0.1) is 6.92 Å². The number of pyridine rings is 1. The highest BCUT2D eigenvalue weighted by atomic mass is 16.5. The summed E-state index contributed by atoms with van der Waals surface area (Å²) in [6.07, 6.45) is 4.01. The van der Waals surface area contributed by atoms with Crippen molar-refractivity contribution in [1.29, 1.82) is 0 Å². The standard InChI is InChI=1S/C22H25NO2/c1-5-16(4)17-8-10-22(25-6-2)20(11-17)19-12-18-9-7-15(3)13-23(18)21(19)14-24/h7-14,16H,5-6H2,1-4H3. The van der Waals surface area contributed by atoms with Gasteiger partial charge in [0.25, 0.3) is 0 Å². The molecule has 0 amide bonds. The van der Waals surface area contributed by atoms with Crippen molar-refractivity contribution in [2.24, 2.45) is 0 Å². The van der Waals surface area contributed by atoms with E-state index in [1.54, 1.807) is 0 Å². The molecule has 0 radical (unpaired) electrons. The van der Waals surface area contributed by atoms with Crippen LogP contribution in [0.25, 0.3) is 16.6 Å². The fourth-order valence-electron chi connectivity index (χ4n) is 3.21. The minimum absolute atomic E-state index is 0.466. The van der Waals surface area contributed by atoms with Crippen molar-refractivity contribution in [1.82, 2.24) is 4.40 Å². The first kappa shape index (κ1) is 17.3. The van der Waals surface area contributed by atoms with Crippen molar-refractivity contribution < 1.29 is 9.53 Å². The molecule has 1 atom stereocenters. The van der Waals surface area contributed by atoms with E-state index in [4.69, 9.17) is 4.74 Å². The van der Waals surface area contributed by atoms with E-state index in [9.17, 15) is 4.79 Å². The largest absolute Gasteiger partial charge is 0.493 e. The van der Waals surface area contributed by atoms with Crippen molar-refractivity contribution in [3.63, 3.8) is 0 Å². The van der Waals surface area contributed by atoms with Crippen LogP contribution in [0.1, 0.15) is 54.7 Å². The van der Waals surface area contributed by atoms with Gasteiger partial charge in [0.15, 0.2) is 6.29 Å². The summed E-state index contributed by atoms with van der Waals surface area (Å²) < 4.78 is 7.82. The van der Waals surface area contributed by atoms with Gasteiger partial charge < -0.3 is 9.14 Å². The van der Waals surface area contributed by atoms with E-state index >= 15 is 0 Å². The lowest BCUT2D eigenvalue weighted by atomic mass is 9.94. The second-order valence-corrected chi connectivity index (χ2v) is 6.56. The normalized spacial score (nSPS) is 12.3. The quantitative estimate of drug-likeness (QED) is 0.546. The van der Waals surface area contributed by atoms with Crippen molar-refractivity contribution in [2.45, 2.75) is 40.0 Å². The smallest absolute Gasteiger partial charge is 0.167 e. The van der Waals surface area contributed by atoms with Crippen molar-refractivity contribution in [3.8, 4) is 16.9 Å². The Morgan fingerprint density at radius 3 is 2.60 bits per heavy atom. The topological polar surface area (TPSA) is 30.7 Å². The molecule has 3 aromatic rings. The van der Waals surface area contributed by atoms with E-state index in [0.29, 0.717) is 18.2 Å². The molecule has 0 aliphatic carbocycles. The average molecular weight is 335 g/mol. The van der Waals surface area contributed by atoms with E-state index in [-0.39, 0.29) is 0 Å². The molecule has 2 aromatic heterocycles. The second-order valence-electron chi connectivity index (χ2n) is 6.56. The maximum atomic E-state index is 11.9. The Balaban J connectivity index is 2.26. The molecule has 0 fully saturated rings. The van der Waals surface area contributed by atoms with Crippen LogP contribution in [0.2, 0.25) is 0 Å². The summed E-state index contributed by atoms with van der Waals surface area (Å²) >= 11 is 0.